The van der Waals surface area contributed by atoms with Crippen molar-refractivity contribution in [2.24, 2.45) is 0 Å². The zero-order valence-corrected chi connectivity index (χ0v) is 10.3. The van der Waals surface area contributed by atoms with Gasteiger partial charge in [0.1, 0.15) is 0 Å². The van der Waals surface area contributed by atoms with Gasteiger partial charge in [0.25, 0.3) is 0 Å². The molecule has 14 heavy (non-hydrogen) atoms. The van der Waals surface area contributed by atoms with Crippen molar-refractivity contribution in [2.75, 3.05) is 12.3 Å². The van der Waals surface area contributed by atoms with Crippen LogP contribution < -0.4 is 0 Å². The van der Waals surface area contributed by atoms with Crippen molar-refractivity contribution in [3.05, 3.63) is 0 Å². The summed E-state index contributed by atoms with van der Waals surface area (Å²) < 4.78 is 26.8. The first-order chi connectivity index (χ1) is 6.33. The first kappa shape index (κ1) is 14.3. The van der Waals surface area contributed by atoms with E-state index in [1.807, 2.05) is 6.92 Å². The van der Waals surface area contributed by atoms with Crippen molar-refractivity contribution in [3.63, 3.8) is 0 Å². The Morgan fingerprint density at radius 1 is 1.00 bits per heavy atom. The highest BCUT2D eigenvalue weighted by atomic mass is 31.3. The van der Waals surface area contributed by atoms with E-state index in [1.165, 1.54) is 0 Å². The van der Waals surface area contributed by atoms with E-state index >= 15 is 0 Å². The van der Waals surface area contributed by atoms with E-state index in [0.717, 1.165) is 6.42 Å². The molecule has 0 aliphatic heterocycles. The van der Waals surface area contributed by atoms with Gasteiger partial charge < -0.3 is 9.79 Å². The van der Waals surface area contributed by atoms with Gasteiger partial charge in [-0.1, -0.05) is 20.3 Å². The van der Waals surface area contributed by atoms with Crippen LogP contribution >= 0.6 is 15.2 Å². The van der Waals surface area contributed by atoms with Gasteiger partial charge in [-0.25, -0.2) is 4.31 Å². The zero-order valence-electron chi connectivity index (χ0n) is 8.55. The lowest BCUT2D eigenvalue weighted by molar-refractivity contribution is 0.331. The molecule has 2 atom stereocenters. The van der Waals surface area contributed by atoms with E-state index in [0.29, 0.717) is 12.8 Å². The van der Waals surface area contributed by atoms with Crippen molar-refractivity contribution in [1.29, 1.82) is 0 Å². The van der Waals surface area contributed by atoms with Crippen LogP contribution in [-0.4, -0.2) is 22.1 Å². The quantitative estimate of drug-likeness (QED) is 0.672. The highest BCUT2D eigenvalue weighted by Crippen LogP contribution is 2.59. The van der Waals surface area contributed by atoms with E-state index in [2.05, 4.69) is 4.31 Å². The average Bonchev–Trinajstić information content (AvgIpc) is 1.98. The molecule has 0 heterocycles. The first-order valence-electron chi connectivity index (χ1n) is 4.68. The molecule has 0 rings (SSSR count). The Morgan fingerprint density at radius 3 is 1.93 bits per heavy atom. The van der Waals surface area contributed by atoms with Crippen molar-refractivity contribution in [1.82, 2.24) is 0 Å². The third-order valence-corrected chi connectivity index (χ3v) is 5.49. The van der Waals surface area contributed by atoms with Gasteiger partial charge in [0.15, 0.2) is 0 Å². The smallest absolute Gasteiger partial charge is 0.324 e. The lowest BCUT2D eigenvalue weighted by Gasteiger charge is -2.15. The fourth-order valence-corrected chi connectivity index (χ4v) is 4.45. The molecule has 0 aliphatic rings. The number of rotatable bonds is 7. The molecule has 86 valence electrons. The van der Waals surface area contributed by atoms with E-state index in [-0.39, 0.29) is 12.3 Å². The minimum atomic E-state index is -3.87. The molecule has 2 unspecified atom stereocenters. The molecule has 2 N–H and O–H groups in total. The maximum atomic E-state index is 11.3. The summed E-state index contributed by atoms with van der Waals surface area (Å²) in [6, 6.07) is 0. The predicted octanol–water partition coefficient (Wildman–Crippen LogP) is 2.58. The van der Waals surface area contributed by atoms with Gasteiger partial charge in [0.2, 0.25) is 0 Å². The Labute approximate surface area is 84.6 Å². The van der Waals surface area contributed by atoms with Gasteiger partial charge >= 0.3 is 15.2 Å². The molecule has 0 bridgehead atoms. The third kappa shape index (κ3) is 6.74. The maximum Gasteiger partial charge on any atom is 0.335 e. The SMILES string of the molecule is CCCCP(=O)(O)OP(=O)(O)CCC. The van der Waals surface area contributed by atoms with Crippen LogP contribution in [0.25, 0.3) is 0 Å². The number of hydrogen-bond donors (Lipinski definition) is 2. The minimum absolute atomic E-state index is 0.0578. The summed E-state index contributed by atoms with van der Waals surface area (Å²) in [5.41, 5.74) is 0. The molecule has 0 radical (unpaired) electrons. The second kappa shape index (κ2) is 6.04. The lowest BCUT2D eigenvalue weighted by Crippen LogP contribution is -1.96. The topological polar surface area (TPSA) is 83.8 Å². The Balaban J connectivity index is 4.20. The summed E-state index contributed by atoms with van der Waals surface area (Å²) >= 11 is 0. The Bertz CT molecular complexity index is 252. The normalized spacial score (nSPS) is 20.0. The standard InChI is InChI=1S/C7H18O5P2/c1-3-5-7-14(10,11)12-13(8,9)6-4-2/h3-7H2,1-2H3,(H,8,9)(H,10,11). The van der Waals surface area contributed by atoms with Crippen LogP contribution in [0.3, 0.4) is 0 Å². The molecule has 7 heteroatoms. The second-order valence-corrected chi connectivity index (χ2v) is 7.25. The van der Waals surface area contributed by atoms with Crippen molar-refractivity contribution < 1.29 is 23.2 Å². The lowest BCUT2D eigenvalue weighted by atomic mass is 10.4. The molecule has 0 saturated heterocycles. The van der Waals surface area contributed by atoms with Crippen LogP contribution in [0.1, 0.15) is 33.1 Å². The van der Waals surface area contributed by atoms with Gasteiger partial charge in [-0.3, -0.25) is 9.13 Å². The molecule has 0 spiro atoms. The molecule has 0 aromatic rings. The van der Waals surface area contributed by atoms with Gasteiger partial charge in [0.05, 0.1) is 12.3 Å². The summed E-state index contributed by atoms with van der Waals surface area (Å²) in [6.45, 7) is 3.57. The van der Waals surface area contributed by atoms with E-state index < -0.39 is 15.2 Å². The van der Waals surface area contributed by atoms with Crippen LogP contribution in [0.5, 0.6) is 0 Å². The highest BCUT2D eigenvalue weighted by Gasteiger charge is 2.30. The maximum absolute atomic E-state index is 11.3. The Morgan fingerprint density at radius 2 is 1.50 bits per heavy atom. The van der Waals surface area contributed by atoms with E-state index in [1.54, 1.807) is 6.92 Å². The van der Waals surface area contributed by atoms with Crippen LogP contribution in [0.2, 0.25) is 0 Å². The Kier molecular flexibility index (Phi) is 6.19. The number of unbranched alkanes of at least 4 members (excludes halogenated alkanes) is 1. The van der Waals surface area contributed by atoms with Crippen molar-refractivity contribution in [2.45, 2.75) is 33.1 Å². The molecule has 0 aromatic carbocycles. The third-order valence-electron chi connectivity index (χ3n) is 1.56. The fourth-order valence-electron chi connectivity index (χ4n) is 0.922. The van der Waals surface area contributed by atoms with E-state index in [4.69, 9.17) is 4.89 Å². The van der Waals surface area contributed by atoms with E-state index in [9.17, 15) is 14.0 Å². The van der Waals surface area contributed by atoms with Gasteiger partial charge in [-0.05, 0) is 12.8 Å². The Hall–Kier alpha value is 0.340. The summed E-state index contributed by atoms with van der Waals surface area (Å²) in [7, 11) is -7.74. The summed E-state index contributed by atoms with van der Waals surface area (Å²) in [4.78, 5) is 18.4. The van der Waals surface area contributed by atoms with Crippen LogP contribution in [-0.2, 0) is 13.4 Å². The van der Waals surface area contributed by atoms with Crippen molar-refractivity contribution in [3.8, 4) is 0 Å². The second-order valence-electron chi connectivity index (χ2n) is 3.16. The number of hydrogen-bond acceptors (Lipinski definition) is 3. The van der Waals surface area contributed by atoms with Crippen molar-refractivity contribution >= 4 is 15.2 Å². The van der Waals surface area contributed by atoms with Gasteiger partial charge in [-0.15, -0.1) is 0 Å². The fraction of sp³-hybridized carbons (Fsp3) is 1.00. The first-order valence-corrected chi connectivity index (χ1v) is 8.20. The summed E-state index contributed by atoms with van der Waals surface area (Å²) in [6.07, 6.45) is 1.57. The van der Waals surface area contributed by atoms with Crippen LogP contribution in [0.4, 0.5) is 0 Å². The molecule has 0 amide bonds. The molecular weight excluding hydrogens is 226 g/mol. The highest BCUT2D eigenvalue weighted by molar-refractivity contribution is 7.66. The molecule has 0 aromatic heterocycles. The molecule has 5 nitrogen and oxygen atoms in total. The average molecular weight is 244 g/mol. The largest absolute Gasteiger partial charge is 0.335 e. The molecule has 0 aliphatic carbocycles. The minimum Gasteiger partial charge on any atom is -0.324 e. The molecule has 0 fully saturated rings. The molecule has 0 saturated carbocycles. The molecular formula is C7H18O5P2. The summed E-state index contributed by atoms with van der Waals surface area (Å²) in [5, 5.41) is 0. The monoisotopic (exact) mass is 244 g/mol. The predicted molar refractivity (Wildman–Crippen MR) is 55.7 cm³/mol. The summed E-state index contributed by atoms with van der Waals surface area (Å²) in [5.74, 6) is 0. The van der Waals surface area contributed by atoms with Gasteiger partial charge in [-0.2, -0.15) is 0 Å². The van der Waals surface area contributed by atoms with Crippen LogP contribution in [0.15, 0.2) is 0 Å². The van der Waals surface area contributed by atoms with Gasteiger partial charge in [0, 0.05) is 0 Å². The zero-order chi connectivity index (χ0) is 11.2. The van der Waals surface area contributed by atoms with Crippen LogP contribution in [0, 0.1) is 0 Å².